The van der Waals surface area contributed by atoms with E-state index in [1.54, 1.807) is 12.1 Å². The van der Waals surface area contributed by atoms with Gasteiger partial charge in [0.2, 0.25) is 5.88 Å². The molecule has 0 unspecified atom stereocenters. The van der Waals surface area contributed by atoms with Crippen molar-refractivity contribution in [1.82, 2.24) is 10.3 Å². The van der Waals surface area contributed by atoms with Crippen molar-refractivity contribution < 1.29 is 4.74 Å². The fraction of sp³-hybridized carbons (Fsp3) is 0.455. The SMILES string of the molecule is CCCCNC(=S)Nc1c(C(C)C)cc(Oc2ccc(Cl)cc2)nc1C(C)C. The molecule has 2 N–H and O–H groups in total. The minimum Gasteiger partial charge on any atom is -0.439 e. The van der Waals surface area contributed by atoms with Crippen LogP contribution in [0.5, 0.6) is 11.6 Å². The normalized spacial score (nSPS) is 11.0. The monoisotopic (exact) mass is 419 g/mol. The molecule has 0 bridgehead atoms. The molecule has 28 heavy (non-hydrogen) atoms. The van der Waals surface area contributed by atoms with E-state index in [1.807, 2.05) is 18.2 Å². The van der Waals surface area contributed by atoms with E-state index >= 15 is 0 Å². The summed E-state index contributed by atoms with van der Waals surface area (Å²) >= 11 is 11.5. The van der Waals surface area contributed by atoms with Crippen molar-refractivity contribution in [1.29, 1.82) is 0 Å². The molecule has 0 saturated carbocycles. The van der Waals surface area contributed by atoms with Crippen LogP contribution in [0.25, 0.3) is 0 Å². The second kappa shape index (κ2) is 10.6. The molecule has 2 rings (SSSR count). The number of nitrogens with zero attached hydrogens (tertiary/aromatic N) is 1. The quantitative estimate of drug-likeness (QED) is 0.361. The number of pyridine rings is 1. The Morgan fingerprint density at radius 1 is 1.14 bits per heavy atom. The number of nitrogens with one attached hydrogen (secondary N) is 2. The van der Waals surface area contributed by atoms with E-state index in [2.05, 4.69) is 45.3 Å². The fourth-order valence-electron chi connectivity index (χ4n) is 2.78. The van der Waals surface area contributed by atoms with E-state index in [9.17, 15) is 0 Å². The number of hydrogen-bond donors (Lipinski definition) is 2. The molecule has 0 radical (unpaired) electrons. The third-order valence-corrected chi connectivity index (χ3v) is 4.81. The summed E-state index contributed by atoms with van der Waals surface area (Å²) in [7, 11) is 0. The maximum atomic E-state index is 6.01. The van der Waals surface area contributed by atoms with Crippen LogP contribution in [-0.2, 0) is 0 Å². The van der Waals surface area contributed by atoms with E-state index in [0.29, 0.717) is 21.8 Å². The summed E-state index contributed by atoms with van der Waals surface area (Å²) in [6.45, 7) is 11.6. The van der Waals surface area contributed by atoms with Gasteiger partial charge in [-0.1, -0.05) is 52.6 Å². The summed E-state index contributed by atoms with van der Waals surface area (Å²) in [6, 6.07) is 9.28. The molecule has 0 aliphatic heterocycles. The zero-order valence-corrected chi connectivity index (χ0v) is 18.9. The van der Waals surface area contributed by atoms with E-state index < -0.39 is 0 Å². The van der Waals surface area contributed by atoms with Gasteiger partial charge in [0.25, 0.3) is 0 Å². The Balaban J connectivity index is 2.35. The Labute approximate surface area is 179 Å². The number of aromatic nitrogens is 1. The fourth-order valence-corrected chi connectivity index (χ4v) is 3.11. The molecule has 0 saturated heterocycles. The smallest absolute Gasteiger partial charge is 0.219 e. The van der Waals surface area contributed by atoms with Gasteiger partial charge in [-0.3, -0.25) is 0 Å². The molecule has 4 nitrogen and oxygen atoms in total. The van der Waals surface area contributed by atoms with E-state index in [-0.39, 0.29) is 11.8 Å². The number of anilines is 1. The summed E-state index contributed by atoms with van der Waals surface area (Å²) < 4.78 is 6.01. The molecule has 0 amide bonds. The van der Waals surface area contributed by atoms with Gasteiger partial charge < -0.3 is 15.4 Å². The highest BCUT2D eigenvalue weighted by Gasteiger charge is 2.19. The van der Waals surface area contributed by atoms with E-state index in [0.717, 1.165) is 36.3 Å². The molecule has 1 aromatic heterocycles. The lowest BCUT2D eigenvalue weighted by molar-refractivity contribution is 0.458. The van der Waals surface area contributed by atoms with Crippen molar-refractivity contribution in [2.45, 2.75) is 59.3 Å². The molecule has 1 aromatic carbocycles. The second-order valence-corrected chi connectivity index (χ2v) is 8.25. The Kier molecular flexibility index (Phi) is 8.52. The lowest BCUT2D eigenvalue weighted by atomic mass is 9.97. The Morgan fingerprint density at radius 2 is 1.82 bits per heavy atom. The van der Waals surface area contributed by atoms with Crippen LogP contribution >= 0.6 is 23.8 Å². The number of rotatable bonds is 8. The lowest BCUT2D eigenvalue weighted by Gasteiger charge is -2.22. The molecule has 0 atom stereocenters. The van der Waals surface area contributed by atoms with Crippen LogP contribution in [0.3, 0.4) is 0 Å². The maximum absolute atomic E-state index is 6.01. The van der Waals surface area contributed by atoms with Gasteiger partial charge in [-0.25, -0.2) is 4.98 Å². The van der Waals surface area contributed by atoms with Gasteiger partial charge in [0, 0.05) is 17.6 Å². The topological polar surface area (TPSA) is 46.2 Å². The standard InChI is InChI=1S/C22H30ClN3OS/c1-6-7-12-24-22(28)26-21-18(14(2)3)13-19(25-20(21)15(4)5)27-17-10-8-16(23)9-11-17/h8-11,13-15H,6-7,12H2,1-5H3,(H2,24,26,28). The van der Waals surface area contributed by atoms with Crippen LogP contribution in [0, 0.1) is 0 Å². The maximum Gasteiger partial charge on any atom is 0.219 e. The second-order valence-electron chi connectivity index (χ2n) is 7.41. The predicted octanol–water partition coefficient (Wildman–Crippen LogP) is 6.86. The minimum atomic E-state index is 0.215. The summed E-state index contributed by atoms with van der Waals surface area (Å²) in [5.74, 6) is 1.78. The van der Waals surface area contributed by atoms with Crippen molar-refractivity contribution in [3.63, 3.8) is 0 Å². The van der Waals surface area contributed by atoms with Gasteiger partial charge >= 0.3 is 0 Å². The zero-order valence-electron chi connectivity index (χ0n) is 17.3. The first-order valence-corrected chi connectivity index (χ1v) is 10.6. The highest BCUT2D eigenvalue weighted by molar-refractivity contribution is 7.80. The molecule has 0 aliphatic carbocycles. The first-order chi connectivity index (χ1) is 13.3. The Hall–Kier alpha value is -1.85. The number of hydrogen-bond acceptors (Lipinski definition) is 3. The average Bonchev–Trinajstić information content (AvgIpc) is 2.64. The van der Waals surface area contributed by atoms with Crippen LogP contribution in [0.4, 0.5) is 5.69 Å². The number of ether oxygens (including phenoxy) is 1. The summed E-state index contributed by atoms with van der Waals surface area (Å²) in [6.07, 6.45) is 2.21. The van der Waals surface area contributed by atoms with Gasteiger partial charge in [0.15, 0.2) is 5.11 Å². The molecular weight excluding hydrogens is 390 g/mol. The van der Waals surface area contributed by atoms with Crippen LogP contribution in [-0.4, -0.2) is 16.6 Å². The summed E-state index contributed by atoms with van der Waals surface area (Å²) in [5.41, 5.74) is 3.04. The zero-order chi connectivity index (χ0) is 20.7. The molecule has 0 aliphatic rings. The molecular formula is C22H30ClN3OS. The Bertz CT molecular complexity index is 762. The average molecular weight is 420 g/mol. The van der Waals surface area contributed by atoms with Crippen molar-refractivity contribution in [3.05, 3.63) is 46.6 Å². The van der Waals surface area contributed by atoms with Gasteiger partial charge in [0.05, 0.1) is 11.4 Å². The van der Waals surface area contributed by atoms with Crippen molar-refractivity contribution in [3.8, 4) is 11.6 Å². The molecule has 6 heteroatoms. The summed E-state index contributed by atoms with van der Waals surface area (Å²) in [5, 5.41) is 7.96. The number of benzene rings is 1. The van der Waals surface area contributed by atoms with Crippen molar-refractivity contribution in [2.24, 2.45) is 0 Å². The highest BCUT2D eigenvalue weighted by Crippen LogP contribution is 2.35. The third kappa shape index (κ3) is 6.35. The largest absolute Gasteiger partial charge is 0.439 e. The molecule has 1 heterocycles. The number of halogens is 1. The molecule has 2 aromatic rings. The molecule has 0 spiro atoms. The van der Waals surface area contributed by atoms with Gasteiger partial charge in [0.1, 0.15) is 5.75 Å². The van der Waals surface area contributed by atoms with Crippen molar-refractivity contribution in [2.75, 3.05) is 11.9 Å². The van der Waals surface area contributed by atoms with E-state index in [1.165, 1.54) is 0 Å². The number of thiocarbonyl (C=S) groups is 1. The van der Waals surface area contributed by atoms with Gasteiger partial charge in [-0.15, -0.1) is 0 Å². The third-order valence-electron chi connectivity index (χ3n) is 4.31. The minimum absolute atomic E-state index is 0.215. The highest BCUT2D eigenvalue weighted by atomic mass is 35.5. The lowest BCUT2D eigenvalue weighted by Crippen LogP contribution is -2.30. The number of unbranched alkanes of at least 4 members (excludes halogenated alkanes) is 1. The van der Waals surface area contributed by atoms with Crippen LogP contribution in [0.15, 0.2) is 30.3 Å². The van der Waals surface area contributed by atoms with Crippen LogP contribution < -0.4 is 15.4 Å². The summed E-state index contributed by atoms with van der Waals surface area (Å²) in [4.78, 5) is 4.78. The van der Waals surface area contributed by atoms with Gasteiger partial charge in [-0.2, -0.15) is 0 Å². The predicted molar refractivity (Wildman–Crippen MR) is 123 cm³/mol. The van der Waals surface area contributed by atoms with Crippen LogP contribution in [0.1, 0.15) is 70.6 Å². The molecule has 152 valence electrons. The first-order valence-electron chi connectivity index (χ1n) is 9.84. The van der Waals surface area contributed by atoms with Crippen molar-refractivity contribution >= 4 is 34.6 Å². The van der Waals surface area contributed by atoms with Crippen LogP contribution in [0.2, 0.25) is 5.02 Å². The van der Waals surface area contributed by atoms with Gasteiger partial charge in [-0.05, 0) is 60.3 Å². The Morgan fingerprint density at radius 3 is 2.39 bits per heavy atom. The molecule has 0 fully saturated rings. The first kappa shape index (κ1) is 22.4. The van der Waals surface area contributed by atoms with E-state index in [4.69, 9.17) is 33.5 Å².